The van der Waals surface area contributed by atoms with Crippen molar-refractivity contribution in [2.24, 2.45) is 0 Å². The van der Waals surface area contributed by atoms with Gasteiger partial charge in [-0.1, -0.05) is 24.3 Å². The summed E-state index contributed by atoms with van der Waals surface area (Å²) in [5.41, 5.74) is 2.25. The van der Waals surface area contributed by atoms with Crippen LogP contribution in [0.2, 0.25) is 0 Å². The summed E-state index contributed by atoms with van der Waals surface area (Å²) in [6, 6.07) is 8.16. The lowest BCUT2D eigenvalue weighted by atomic mass is 10.1. The van der Waals surface area contributed by atoms with Crippen molar-refractivity contribution >= 4 is 0 Å². The molecule has 1 aromatic heterocycles. The van der Waals surface area contributed by atoms with E-state index in [1.807, 2.05) is 26.2 Å². The molecule has 0 unspecified atom stereocenters. The number of aromatic amines is 1. The van der Waals surface area contributed by atoms with Crippen molar-refractivity contribution in [2.75, 3.05) is 14.1 Å². The summed E-state index contributed by atoms with van der Waals surface area (Å²) in [7, 11) is 4.10. The Morgan fingerprint density at radius 1 is 1.20 bits per heavy atom. The molecular formula is C10H13N5. The molecular weight excluding hydrogens is 190 g/mol. The molecule has 0 amide bonds. The van der Waals surface area contributed by atoms with Crippen LogP contribution in [0.15, 0.2) is 24.3 Å². The van der Waals surface area contributed by atoms with Crippen LogP contribution in [-0.2, 0) is 6.54 Å². The van der Waals surface area contributed by atoms with Crippen molar-refractivity contribution in [1.29, 1.82) is 0 Å². The molecule has 78 valence electrons. The maximum Gasteiger partial charge on any atom is 0.204 e. The fraction of sp³-hybridized carbons (Fsp3) is 0.300. The van der Waals surface area contributed by atoms with Crippen molar-refractivity contribution < 1.29 is 0 Å². The topological polar surface area (TPSA) is 57.7 Å². The second kappa shape index (κ2) is 4.18. The van der Waals surface area contributed by atoms with Crippen LogP contribution in [0.1, 0.15) is 5.56 Å². The summed E-state index contributed by atoms with van der Waals surface area (Å²) in [6.45, 7) is 0.937. The summed E-state index contributed by atoms with van der Waals surface area (Å²) < 4.78 is 0. The fourth-order valence-corrected chi connectivity index (χ4v) is 1.41. The number of rotatable bonds is 3. The van der Waals surface area contributed by atoms with E-state index in [-0.39, 0.29) is 0 Å². The number of benzene rings is 1. The zero-order chi connectivity index (χ0) is 10.7. The molecule has 0 atom stereocenters. The van der Waals surface area contributed by atoms with Crippen LogP contribution in [0, 0.1) is 0 Å². The number of tetrazole rings is 1. The molecule has 0 bridgehead atoms. The number of nitrogens with one attached hydrogen (secondary N) is 1. The van der Waals surface area contributed by atoms with Gasteiger partial charge in [0, 0.05) is 12.1 Å². The van der Waals surface area contributed by atoms with E-state index in [0.29, 0.717) is 5.82 Å². The number of hydrogen-bond acceptors (Lipinski definition) is 4. The maximum absolute atomic E-state index is 3.92. The van der Waals surface area contributed by atoms with Crippen LogP contribution in [-0.4, -0.2) is 39.6 Å². The number of nitrogens with zero attached hydrogens (tertiary/aromatic N) is 4. The smallest absolute Gasteiger partial charge is 0.204 e. The van der Waals surface area contributed by atoms with Gasteiger partial charge in [0.1, 0.15) is 0 Å². The number of hydrogen-bond donors (Lipinski definition) is 1. The number of aromatic nitrogens is 4. The molecule has 5 nitrogen and oxygen atoms in total. The molecule has 0 radical (unpaired) electrons. The standard InChI is InChI=1S/C10H13N5/c1-15(2)7-8-3-5-9(6-4-8)10-11-13-14-12-10/h3-6H,7H2,1-2H3,(H,11,12,13,14). The second-order valence-corrected chi connectivity index (χ2v) is 3.67. The Hall–Kier alpha value is -1.75. The lowest BCUT2D eigenvalue weighted by molar-refractivity contribution is 0.402. The van der Waals surface area contributed by atoms with E-state index in [0.717, 1.165) is 12.1 Å². The van der Waals surface area contributed by atoms with Gasteiger partial charge >= 0.3 is 0 Å². The minimum atomic E-state index is 0.631. The Bertz CT molecular complexity index is 404. The maximum atomic E-state index is 3.92. The van der Waals surface area contributed by atoms with Gasteiger partial charge in [-0.3, -0.25) is 0 Å². The first-order valence-corrected chi connectivity index (χ1v) is 4.73. The third-order valence-corrected chi connectivity index (χ3v) is 2.06. The summed E-state index contributed by atoms with van der Waals surface area (Å²) in [5, 5.41) is 13.8. The van der Waals surface area contributed by atoms with Crippen LogP contribution in [0.3, 0.4) is 0 Å². The van der Waals surface area contributed by atoms with Crippen LogP contribution in [0.4, 0.5) is 0 Å². The molecule has 0 saturated carbocycles. The lowest BCUT2D eigenvalue weighted by Gasteiger charge is -2.09. The van der Waals surface area contributed by atoms with Crippen molar-refractivity contribution in [1.82, 2.24) is 25.5 Å². The average molecular weight is 203 g/mol. The molecule has 0 fully saturated rings. The Kier molecular flexibility index (Phi) is 2.73. The molecule has 15 heavy (non-hydrogen) atoms. The fourth-order valence-electron chi connectivity index (χ4n) is 1.41. The van der Waals surface area contributed by atoms with Gasteiger partial charge in [-0.2, -0.15) is 5.21 Å². The van der Waals surface area contributed by atoms with Crippen molar-refractivity contribution in [2.45, 2.75) is 6.54 Å². The van der Waals surface area contributed by atoms with E-state index in [1.165, 1.54) is 5.56 Å². The molecule has 0 aliphatic carbocycles. The van der Waals surface area contributed by atoms with Crippen LogP contribution in [0.5, 0.6) is 0 Å². The van der Waals surface area contributed by atoms with Gasteiger partial charge in [0.15, 0.2) is 0 Å². The largest absolute Gasteiger partial charge is 0.305 e. The van der Waals surface area contributed by atoms with E-state index in [9.17, 15) is 0 Å². The van der Waals surface area contributed by atoms with Gasteiger partial charge in [0.05, 0.1) is 0 Å². The monoisotopic (exact) mass is 203 g/mol. The highest BCUT2D eigenvalue weighted by Crippen LogP contribution is 2.14. The Morgan fingerprint density at radius 2 is 1.93 bits per heavy atom. The molecule has 0 aliphatic heterocycles. The highest BCUT2D eigenvalue weighted by atomic mass is 15.5. The molecule has 0 aliphatic rings. The third-order valence-electron chi connectivity index (χ3n) is 2.06. The first-order valence-electron chi connectivity index (χ1n) is 4.73. The Balaban J connectivity index is 2.17. The van der Waals surface area contributed by atoms with Gasteiger partial charge in [0.2, 0.25) is 5.82 Å². The van der Waals surface area contributed by atoms with E-state index in [4.69, 9.17) is 0 Å². The predicted octanol–water partition coefficient (Wildman–Crippen LogP) is 0.928. The predicted molar refractivity (Wildman–Crippen MR) is 57.0 cm³/mol. The molecule has 0 spiro atoms. The molecule has 1 heterocycles. The molecule has 2 rings (SSSR count). The van der Waals surface area contributed by atoms with Crippen LogP contribution >= 0.6 is 0 Å². The van der Waals surface area contributed by atoms with Gasteiger partial charge in [-0.05, 0) is 24.9 Å². The zero-order valence-corrected chi connectivity index (χ0v) is 8.81. The second-order valence-electron chi connectivity index (χ2n) is 3.67. The van der Waals surface area contributed by atoms with E-state index in [1.54, 1.807) is 0 Å². The highest BCUT2D eigenvalue weighted by molar-refractivity contribution is 5.53. The zero-order valence-electron chi connectivity index (χ0n) is 8.81. The summed E-state index contributed by atoms with van der Waals surface area (Å²) >= 11 is 0. The van der Waals surface area contributed by atoms with E-state index < -0.39 is 0 Å². The van der Waals surface area contributed by atoms with E-state index >= 15 is 0 Å². The molecule has 2 aromatic rings. The van der Waals surface area contributed by atoms with Gasteiger partial charge in [0.25, 0.3) is 0 Å². The molecule has 1 aromatic carbocycles. The average Bonchev–Trinajstić information content (AvgIpc) is 2.71. The third kappa shape index (κ3) is 2.38. The number of H-pyrrole nitrogens is 1. The summed E-state index contributed by atoms with van der Waals surface area (Å²) in [6.07, 6.45) is 0. The summed E-state index contributed by atoms with van der Waals surface area (Å²) in [4.78, 5) is 2.13. The lowest BCUT2D eigenvalue weighted by Crippen LogP contribution is -2.10. The first-order chi connectivity index (χ1) is 7.25. The molecule has 0 saturated heterocycles. The Morgan fingerprint density at radius 3 is 2.47 bits per heavy atom. The summed E-state index contributed by atoms with van der Waals surface area (Å²) in [5.74, 6) is 0.631. The Labute approximate surface area is 88.1 Å². The highest BCUT2D eigenvalue weighted by Gasteiger charge is 2.02. The van der Waals surface area contributed by atoms with E-state index in [2.05, 4.69) is 37.7 Å². The minimum Gasteiger partial charge on any atom is -0.305 e. The van der Waals surface area contributed by atoms with Crippen LogP contribution in [0.25, 0.3) is 11.4 Å². The van der Waals surface area contributed by atoms with Gasteiger partial charge in [-0.15, -0.1) is 10.2 Å². The van der Waals surface area contributed by atoms with Gasteiger partial charge < -0.3 is 4.90 Å². The molecule has 1 N–H and O–H groups in total. The van der Waals surface area contributed by atoms with Crippen LogP contribution < -0.4 is 0 Å². The minimum absolute atomic E-state index is 0.631. The quantitative estimate of drug-likeness (QED) is 0.806. The van der Waals surface area contributed by atoms with Crippen molar-refractivity contribution in [3.05, 3.63) is 29.8 Å². The SMILES string of the molecule is CN(C)Cc1ccc(-c2nn[nH]n2)cc1. The van der Waals surface area contributed by atoms with Gasteiger partial charge in [-0.25, -0.2) is 0 Å². The first kappa shape index (κ1) is 9.79. The van der Waals surface area contributed by atoms with Crippen molar-refractivity contribution in [3.63, 3.8) is 0 Å². The molecule has 5 heteroatoms. The normalized spacial score (nSPS) is 10.9. The van der Waals surface area contributed by atoms with Crippen molar-refractivity contribution in [3.8, 4) is 11.4 Å².